The standard InChI is InChI=1S/C21H28N4O3/c1-24-19-15(5-2-4-14-10-12-22-13-11-14)6-3-7-16(19)25(21(24)28)17-8-9-18(26)23-20(17)27/h3,6-7,14,17,22H,2,4-5,8-13H2,1H3,(H,23,26,27). The molecule has 0 bridgehead atoms. The number of nitrogens with zero attached hydrogens (tertiary/aromatic N) is 2. The number of para-hydroxylation sites is 1. The Kier molecular flexibility index (Phi) is 5.35. The molecule has 0 aliphatic carbocycles. The Balaban J connectivity index is 1.60. The molecule has 3 heterocycles. The van der Waals surface area contributed by atoms with E-state index in [2.05, 4.69) is 16.7 Å². The molecule has 1 aromatic carbocycles. The Morgan fingerprint density at radius 1 is 1.11 bits per heavy atom. The monoisotopic (exact) mass is 384 g/mol. The average Bonchev–Trinajstić information content (AvgIpc) is 2.94. The molecular weight excluding hydrogens is 356 g/mol. The molecule has 7 nitrogen and oxygen atoms in total. The number of aryl methyl sites for hydroxylation is 2. The number of hydrogen-bond donors (Lipinski definition) is 2. The van der Waals surface area contributed by atoms with Crippen LogP contribution < -0.4 is 16.3 Å². The Hall–Kier alpha value is -2.41. The molecule has 28 heavy (non-hydrogen) atoms. The van der Waals surface area contributed by atoms with Gasteiger partial charge in [0, 0.05) is 13.5 Å². The van der Waals surface area contributed by atoms with Gasteiger partial charge in [0.1, 0.15) is 6.04 Å². The van der Waals surface area contributed by atoms with Gasteiger partial charge in [0.25, 0.3) is 0 Å². The molecule has 1 atom stereocenters. The van der Waals surface area contributed by atoms with E-state index in [0.717, 1.165) is 48.4 Å². The molecule has 2 aliphatic heterocycles. The van der Waals surface area contributed by atoms with Gasteiger partial charge in [-0.15, -0.1) is 0 Å². The summed E-state index contributed by atoms with van der Waals surface area (Å²) >= 11 is 0. The van der Waals surface area contributed by atoms with Gasteiger partial charge in [0.15, 0.2) is 0 Å². The molecule has 2 aliphatic rings. The molecule has 1 unspecified atom stereocenters. The molecule has 2 amide bonds. The molecule has 2 aromatic rings. The lowest BCUT2D eigenvalue weighted by Crippen LogP contribution is -2.44. The summed E-state index contributed by atoms with van der Waals surface area (Å²) in [6.07, 6.45) is 6.34. The van der Waals surface area contributed by atoms with Crippen LogP contribution in [-0.2, 0) is 23.1 Å². The smallest absolute Gasteiger partial charge is 0.317 e. The van der Waals surface area contributed by atoms with Crippen LogP contribution in [0, 0.1) is 5.92 Å². The van der Waals surface area contributed by atoms with Crippen molar-refractivity contribution in [2.75, 3.05) is 13.1 Å². The lowest BCUT2D eigenvalue weighted by Gasteiger charge is -2.22. The normalized spacial score (nSPS) is 21.2. The molecule has 4 rings (SSSR count). The largest absolute Gasteiger partial charge is 0.329 e. The number of benzene rings is 1. The maximum absolute atomic E-state index is 12.9. The minimum Gasteiger partial charge on any atom is -0.317 e. The van der Waals surface area contributed by atoms with Crippen LogP contribution in [0.3, 0.4) is 0 Å². The molecule has 7 heteroatoms. The highest BCUT2D eigenvalue weighted by Gasteiger charge is 2.31. The quantitative estimate of drug-likeness (QED) is 0.768. The van der Waals surface area contributed by atoms with Gasteiger partial charge in [0.05, 0.1) is 11.0 Å². The minimum atomic E-state index is -0.626. The summed E-state index contributed by atoms with van der Waals surface area (Å²) in [5.74, 6) is 0.132. The molecule has 0 spiro atoms. The zero-order valence-electron chi connectivity index (χ0n) is 16.4. The van der Waals surface area contributed by atoms with E-state index in [9.17, 15) is 14.4 Å². The number of piperidine rings is 2. The topological polar surface area (TPSA) is 85.1 Å². The van der Waals surface area contributed by atoms with Crippen molar-refractivity contribution in [3.63, 3.8) is 0 Å². The third-order valence-corrected chi connectivity index (χ3v) is 6.23. The van der Waals surface area contributed by atoms with Crippen molar-refractivity contribution in [3.8, 4) is 0 Å². The highest BCUT2D eigenvalue weighted by atomic mass is 16.2. The molecule has 2 fully saturated rings. The summed E-state index contributed by atoms with van der Waals surface area (Å²) in [4.78, 5) is 36.8. The van der Waals surface area contributed by atoms with Crippen LogP contribution in [0.4, 0.5) is 0 Å². The predicted octanol–water partition coefficient (Wildman–Crippen LogP) is 1.64. The fourth-order valence-corrected chi connectivity index (χ4v) is 4.70. The first kappa shape index (κ1) is 18.9. The molecule has 0 radical (unpaired) electrons. The second-order valence-electron chi connectivity index (χ2n) is 8.05. The number of aromatic nitrogens is 2. The molecule has 2 saturated heterocycles. The maximum Gasteiger partial charge on any atom is 0.329 e. The van der Waals surface area contributed by atoms with E-state index in [1.807, 2.05) is 12.1 Å². The average molecular weight is 384 g/mol. The Bertz CT molecular complexity index is 952. The summed E-state index contributed by atoms with van der Waals surface area (Å²) in [7, 11) is 1.77. The Morgan fingerprint density at radius 3 is 2.64 bits per heavy atom. The third-order valence-electron chi connectivity index (χ3n) is 6.23. The van der Waals surface area contributed by atoms with Gasteiger partial charge in [-0.2, -0.15) is 0 Å². The predicted molar refractivity (Wildman–Crippen MR) is 107 cm³/mol. The number of carbonyl (C=O) groups excluding carboxylic acids is 2. The first-order chi connectivity index (χ1) is 13.6. The molecular formula is C21H28N4O3. The van der Waals surface area contributed by atoms with Crippen LogP contribution in [0.5, 0.6) is 0 Å². The number of amides is 2. The van der Waals surface area contributed by atoms with Gasteiger partial charge >= 0.3 is 5.69 Å². The minimum absolute atomic E-state index is 0.199. The highest BCUT2D eigenvalue weighted by Crippen LogP contribution is 2.26. The lowest BCUT2D eigenvalue weighted by molar-refractivity contribution is -0.135. The summed E-state index contributed by atoms with van der Waals surface area (Å²) in [6.45, 7) is 2.23. The van der Waals surface area contributed by atoms with Crippen LogP contribution in [0.2, 0.25) is 0 Å². The number of carbonyl (C=O) groups is 2. The van der Waals surface area contributed by atoms with Crippen molar-refractivity contribution in [1.29, 1.82) is 0 Å². The number of imidazole rings is 1. The molecule has 0 saturated carbocycles. The van der Waals surface area contributed by atoms with Crippen molar-refractivity contribution in [2.45, 2.75) is 51.0 Å². The van der Waals surface area contributed by atoms with Gasteiger partial charge in [-0.1, -0.05) is 18.6 Å². The van der Waals surface area contributed by atoms with E-state index < -0.39 is 6.04 Å². The van der Waals surface area contributed by atoms with E-state index in [-0.39, 0.29) is 23.9 Å². The Labute approximate surface area is 164 Å². The lowest BCUT2D eigenvalue weighted by atomic mass is 9.91. The number of hydrogen-bond acceptors (Lipinski definition) is 4. The molecule has 1 aromatic heterocycles. The number of imide groups is 1. The van der Waals surface area contributed by atoms with Crippen molar-refractivity contribution in [1.82, 2.24) is 19.8 Å². The van der Waals surface area contributed by atoms with Crippen molar-refractivity contribution in [2.24, 2.45) is 13.0 Å². The van der Waals surface area contributed by atoms with Crippen LogP contribution in [0.15, 0.2) is 23.0 Å². The van der Waals surface area contributed by atoms with Gasteiger partial charge in [0.2, 0.25) is 11.8 Å². The van der Waals surface area contributed by atoms with Crippen LogP contribution in [0.25, 0.3) is 11.0 Å². The summed E-state index contributed by atoms with van der Waals surface area (Å²) in [5.41, 5.74) is 2.64. The fraction of sp³-hybridized carbons (Fsp3) is 0.571. The van der Waals surface area contributed by atoms with E-state index in [1.54, 1.807) is 16.2 Å². The molecule has 150 valence electrons. The first-order valence-electron chi connectivity index (χ1n) is 10.3. The van der Waals surface area contributed by atoms with Crippen molar-refractivity contribution >= 4 is 22.8 Å². The number of nitrogens with one attached hydrogen (secondary N) is 2. The van der Waals surface area contributed by atoms with Gasteiger partial charge in [-0.25, -0.2) is 4.79 Å². The third kappa shape index (κ3) is 3.51. The molecule has 2 N–H and O–H groups in total. The first-order valence-corrected chi connectivity index (χ1v) is 10.3. The highest BCUT2D eigenvalue weighted by molar-refractivity contribution is 6.00. The van der Waals surface area contributed by atoms with Crippen LogP contribution in [0.1, 0.15) is 50.1 Å². The summed E-state index contributed by atoms with van der Waals surface area (Å²) in [5, 5.41) is 5.77. The summed E-state index contributed by atoms with van der Waals surface area (Å²) in [6, 6.07) is 5.32. The van der Waals surface area contributed by atoms with Crippen LogP contribution in [-0.4, -0.2) is 34.0 Å². The zero-order valence-corrected chi connectivity index (χ0v) is 16.4. The van der Waals surface area contributed by atoms with E-state index in [0.29, 0.717) is 6.42 Å². The maximum atomic E-state index is 12.9. The number of fused-ring (bicyclic) bond motifs is 1. The van der Waals surface area contributed by atoms with Crippen molar-refractivity contribution < 1.29 is 9.59 Å². The SMILES string of the molecule is Cn1c(=O)n(C2CCC(=O)NC2=O)c2cccc(CCCC3CCNCC3)c21. The van der Waals surface area contributed by atoms with Gasteiger partial charge in [-0.05, 0) is 62.7 Å². The van der Waals surface area contributed by atoms with E-state index in [1.165, 1.54) is 19.3 Å². The van der Waals surface area contributed by atoms with Crippen molar-refractivity contribution in [3.05, 3.63) is 34.2 Å². The van der Waals surface area contributed by atoms with E-state index in [4.69, 9.17) is 0 Å². The second kappa shape index (κ2) is 7.91. The number of rotatable bonds is 5. The summed E-state index contributed by atoms with van der Waals surface area (Å²) < 4.78 is 3.21. The van der Waals surface area contributed by atoms with Gasteiger partial charge < -0.3 is 5.32 Å². The van der Waals surface area contributed by atoms with E-state index >= 15 is 0 Å². The zero-order chi connectivity index (χ0) is 19.7. The van der Waals surface area contributed by atoms with Crippen LogP contribution >= 0.6 is 0 Å². The second-order valence-corrected chi connectivity index (χ2v) is 8.05. The van der Waals surface area contributed by atoms with Gasteiger partial charge in [-0.3, -0.25) is 24.0 Å². The Morgan fingerprint density at radius 2 is 1.89 bits per heavy atom. The fourth-order valence-electron chi connectivity index (χ4n) is 4.70.